The van der Waals surface area contributed by atoms with Crippen molar-refractivity contribution in [3.05, 3.63) is 54.1 Å². The Morgan fingerprint density at radius 3 is 2.70 bits per heavy atom. The molecule has 1 saturated carbocycles. The van der Waals surface area contributed by atoms with E-state index in [0.717, 1.165) is 13.1 Å². The Hall–Kier alpha value is -1.61. The molecule has 1 aromatic carbocycles. The minimum absolute atomic E-state index is 0.629. The van der Waals surface area contributed by atoms with Crippen molar-refractivity contribution in [2.24, 2.45) is 0 Å². The fraction of sp³-hybridized carbons (Fsp3) is 0.471. The lowest BCUT2D eigenvalue weighted by molar-refractivity contribution is 0.438. The van der Waals surface area contributed by atoms with Crippen molar-refractivity contribution in [2.75, 3.05) is 13.1 Å². The largest absolute Gasteiger partial charge is 0.331 e. The van der Waals surface area contributed by atoms with Crippen LogP contribution in [-0.2, 0) is 0 Å². The molecule has 1 N–H and O–H groups in total. The van der Waals surface area contributed by atoms with E-state index < -0.39 is 0 Å². The van der Waals surface area contributed by atoms with E-state index in [1.54, 1.807) is 0 Å². The number of hydrogen-bond acceptors (Lipinski definition) is 2. The average Bonchev–Trinajstić information content (AvgIpc) is 3.17. The van der Waals surface area contributed by atoms with Gasteiger partial charge in [0.2, 0.25) is 0 Å². The molecule has 1 aliphatic heterocycles. The monoisotopic (exact) mass is 267 g/mol. The molecule has 2 aromatic rings. The molecule has 2 heterocycles. The summed E-state index contributed by atoms with van der Waals surface area (Å²) in [5, 5.41) is 3.45. The Morgan fingerprint density at radius 2 is 1.90 bits per heavy atom. The third-order valence-electron chi connectivity index (χ3n) is 4.80. The molecule has 0 bridgehead atoms. The maximum Gasteiger partial charge on any atom is 0.0951 e. The maximum absolute atomic E-state index is 4.43. The SMILES string of the molecule is c1ccc(C2CC2n2cncc2C2CCNCC2)cc1. The average molecular weight is 267 g/mol. The molecule has 0 spiro atoms. The molecular weight excluding hydrogens is 246 g/mol. The van der Waals surface area contributed by atoms with Gasteiger partial charge >= 0.3 is 0 Å². The second-order valence-electron chi connectivity index (χ2n) is 6.07. The van der Waals surface area contributed by atoms with Crippen LogP contribution in [0.5, 0.6) is 0 Å². The molecule has 104 valence electrons. The lowest BCUT2D eigenvalue weighted by atomic mass is 9.95. The molecule has 20 heavy (non-hydrogen) atoms. The first-order chi connectivity index (χ1) is 9.93. The van der Waals surface area contributed by atoms with E-state index in [1.807, 2.05) is 6.33 Å². The smallest absolute Gasteiger partial charge is 0.0951 e. The van der Waals surface area contributed by atoms with Gasteiger partial charge in [0.15, 0.2) is 0 Å². The van der Waals surface area contributed by atoms with E-state index in [0.29, 0.717) is 17.9 Å². The van der Waals surface area contributed by atoms with Gasteiger partial charge in [-0.3, -0.25) is 0 Å². The minimum atomic E-state index is 0.629. The number of rotatable bonds is 3. The Balaban J connectivity index is 1.54. The highest BCUT2D eigenvalue weighted by Gasteiger charge is 2.41. The van der Waals surface area contributed by atoms with Crippen LogP contribution in [0.3, 0.4) is 0 Å². The van der Waals surface area contributed by atoms with E-state index in [1.165, 1.54) is 30.5 Å². The highest BCUT2D eigenvalue weighted by Crippen LogP contribution is 2.52. The summed E-state index contributed by atoms with van der Waals surface area (Å²) in [5.41, 5.74) is 2.93. The standard InChI is InChI=1S/C17H21N3/c1-2-4-13(5-3-1)15-10-16(15)20-12-19-11-17(20)14-6-8-18-9-7-14/h1-5,11-12,14-16,18H,6-10H2. The second-order valence-corrected chi connectivity index (χ2v) is 6.07. The minimum Gasteiger partial charge on any atom is -0.331 e. The van der Waals surface area contributed by atoms with Crippen molar-refractivity contribution in [3.8, 4) is 0 Å². The second kappa shape index (κ2) is 5.06. The lowest BCUT2D eigenvalue weighted by Crippen LogP contribution is -2.27. The highest BCUT2D eigenvalue weighted by molar-refractivity contribution is 5.28. The number of benzene rings is 1. The van der Waals surface area contributed by atoms with Crippen molar-refractivity contribution in [1.82, 2.24) is 14.9 Å². The quantitative estimate of drug-likeness (QED) is 0.926. The molecule has 0 radical (unpaired) electrons. The van der Waals surface area contributed by atoms with Crippen LogP contribution in [0, 0.1) is 0 Å². The summed E-state index contributed by atoms with van der Waals surface area (Å²) in [6, 6.07) is 11.5. The van der Waals surface area contributed by atoms with Gasteiger partial charge < -0.3 is 9.88 Å². The van der Waals surface area contributed by atoms with Crippen LogP contribution in [0.4, 0.5) is 0 Å². The molecule has 1 aliphatic carbocycles. The summed E-state index contributed by atoms with van der Waals surface area (Å²) >= 11 is 0. The molecule has 3 heteroatoms. The zero-order valence-electron chi connectivity index (χ0n) is 11.7. The highest BCUT2D eigenvalue weighted by atomic mass is 15.1. The van der Waals surface area contributed by atoms with Gasteiger partial charge in [-0.1, -0.05) is 30.3 Å². The van der Waals surface area contributed by atoms with Crippen LogP contribution in [-0.4, -0.2) is 22.6 Å². The van der Waals surface area contributed by atoms with Gasteiger partial charge in [-0.25, -0.2) is 4.98 Å². The van der Waals surface area contributed by atoms with Crippen LogP contribution in [0.1, 0.15) is 48.4 Å². The van der Waals surface area contributed by atoms with Crippen LogP contribution < -0.4 is 5.32 Å². The Bertz CT molecular complexity index is 569. The van der Waals surface area contributed by atoms with Crippen molar-refractivity contribution in [2.45, 2.75) is 37.1 Å². The van der Waals surface area contributed by atoms with E-state index in [4.69, 9.17) is 0 Å². The lowest BCUT2D eigenvalue weighted by Gasteiger charge is -2.23. The van der Waals surface area contributed by atoms with Crippen molar-refractivity contribution in [3.63, 3.8) is 0 Å². The number of hydrogen-bond donors (Lipinski definition) is 1. The summed E-state index contributed by atoms with van der Waals surface area (Å²) in [4.78, 5) is 4.43. The number of imidazole rings is 1. The molecule has 2 atom stereocenters. The zero-order chi connectivity index (χ0) is 13.4. The molecular formula is C17H21N3. The predicted molar refractivity (Wildman–Crippen MR) is 79.9 cm³/mol. The van der Waals surface area contributed by atoms with Crippen molar-refractivity contribution >= 4 is 0 Å². The maximum atomic E-state index is 4.43. The van der Waals surface area contributed by atoms with Gasteiger partial charge in [-0.2, -0.15) is 0 Å². The molecule has 0 amide bonds. The van der Waals surface area contributed by atoms with Crippen molar-refractivity contribution < 1.29 is 0 Å². The number of piperidine rings is 1. The van der Waals surface area contributed by atoms with Gasteiger partial charge in [0.25, 0.3) is 0 Å². The van der Waals surface area contributed by atoms with Gasteiger partial charge in [-0.15, -0.1) is 0 Å². The first kappa shape index (κ1) is 12.2. The summed E-state index contributed by atoms with van der Waals surface area (Å²) in [6.45, 7) is 2.28. The van der Waals surface area contributed by atoms with E-state index >= 15 is 0 Å². The molecule has 3 nitrogen and oxygen atoms in total. The summed E-state index contributed by atoms with van der Waals surface area (Å²) < 4.78 is 2.45. The van der Waals surface area contributed by atoms with Crippen LogP contribution in [0.25, 0.3) is 0 Å². The number of nitrogens with one attached hydrogen (secondary N) is 1. The normalized spacial score (nSPS) is 26.6. The molecule has 1 aromatic heterocycles. The van der Waals surface area contributed by atoms with E-state index in [-0.39, 0.29) is 0 Å². The molecule has 2 unspecified atom stereocenters. The van der Waals surface area contributed by atoms with E-state index in [9.17, 15) is 0 Å². The van der Waals surface area contributed by atoms with E-state index in [2.05, 4.69) is 51.4 Å². The van der Waals surface area contributed by atoms with Gasteiger partial charge in [0.1, 0.15) is 0 Å². The molecule has 2 fully saturated rings. The molecule has 4 rings (SSSR count). The zero-order valence-corrected chi connectivity index (χ0v) is 11.7. The number of aromatic nitrogens is 2. The Morgan fingerprint density at radius 1 is 1.10 bits per heavy atom. The summed E-state index contributed by atoms with van der Waals surface area (Å²) in [5.74, 6) is 1.38. The third kappa shape index (κ3) is 2.16. The third-order valence-corrected chi connectivity index (χ3v) is 4.80. The van der Waals surface area contributed by atoms with Gasteiger partial charge in [0.05, 0.1) is 6.33 Å². The van der Waals surface area contributed by atoms with Gasteiger partial charge in [-0.05, 0) is 37.9 Å². The fourth-order valence-corrected chi connectivity index (χ4v) is 3.57. The molecule has 2 aliphatic rings. The molecule has 1 saturated heterocycles. The summed E-state index contributed by atoms with van der Waals surface area (Å²) in [7, 11) is 0. The first-order valence-electron chi connectivity index (χ1n) is 7.71. The predicted octanol–water partition coefficient (Wildman–Crippen LogP) is 3.08. The number of nitrogens with zero attached hydrogens (tertiary/aromatic N) is 2. The van der Waals surface area contributed by atoms with Gasteiger partial charge in [0, 0.05) is 29.8 Å². The fourth-order valence-electron chi connectivity index (χ4n) is 3.57. The topological polar surface area (TPSA) is 29.9 Å². The van der Waals surface area contributed by atoms with Crippen LogP contribution >= 0.6 is 0 Å². The van der Waals surface area contributed by atoms with Crippen molar-refractivity contribution in [1.29, 1.82) is 0 Å². The van der Waals surface area contributed by atoms with Crippen LogP contribution in [0.2, 0.25) is 0 Å². The van der Waals surface area contributed by atoms with Crippen LogP contribution in [0.15, 0.2) is 42.9 Å². The first-order valence-corrected chi connectivity index (χ1v) is 7.71. The Kier molecular flexibility index (Phi) is 3.07. The Labute approximate surface area is 120 Å². The summed E-state index contributed by atoms with van der Waals surface area (Å²) in [6.07, 6.45) is 7.89.